The van der Waals surface area contributed by atoms with E-state index in [4.69, 9.17) is 5.11 Å². The minimum Gasteiger partial charge on any atom is -0.478 e. The third kappa shape index (κ3) is 6.47. The Bertz CT molecular complexity index is 1080. The van der Waals surface area contributed by atoms with Gasteiger partial charge >= 0.3 is 65.4 Å². The highest BCUT2D eigenvalue weighted by molar-refractivity contribution is 7.80. The second-order valence-electron chi connectivity index (χ2n) is 8.66. The molecule has 25 heteroatoms. The van der Waals surface area contributed by atoms with Gasteiger partial charge in [0.15, 0.2) is 0 Å². The first-order valence-corrected chi connectivity index (χ1v) is 11.0. The van der Waals surface area contributed by atoms with Gasteiger partial charge in [-0.3, -0.25) is 0 Å². The predicted octanol–water partition coefficient (Wildman–Crippen LogP) is 8.38. The first-order valence-electron chi connectivity index (χ1n) is 10.6. The van der Waals surface area contributed by atoms with E-state index in [0.29, 0.717) is 0 Å². The molecule has 44 heavy (non-hydrogen) atoms. The molecule has 0 atom stereocenters. The second-order valence-corrected chi connectivity index (χ2v) is 9.15. The summed E-state index contributed by atoms with van der Waals surface area (Å²) >= 11 is 4.30. The third-order valence-electron chi connectivity index (χ3n) is 5.52. The zero-order valence-electron chi connectivity index (χ0n) is 20.4. The van der Waals surface area contributed by atoms with Gasteiger partial charge < -0.3 is 10.4 Å². The standard InChI is InChI=1S/C19H14F21NO2S/c1-7(9(42)43)3-2-6-41-8(44)4-5-10(20,21)11(22,23)12(24,25)13(26,27)14(28,29)15(30,31)16(32,33)17(34,35)18(36,37)19(38,39)40/h1-6H2,(H,41,44)(H,42,43). The molecular weight excluding hydrogens is 705 g/mol. The average Bonchev–Trinajstić information content (AvgIpc) is 2.83. The molecule has 0 amide bonds. The van der Waals surface area contributed by atoms with Crippen LogP contribution >= 0.6 is 12.2 Å². The van der Waals surface area contributed by atoms with E-state index in [0.717, 1.165) is 0 Å². The summed E-state index contributed by atoms with van der Waals surface area (Å²) in [6, 6.07) is 0. The highest BCUT2D eigenvalue weighted by Crippen LogP contribution is 2.66. The predicted molar refractivity (Wildman–Crippen MR) is 106 cm³/mol. The lowest BCUT2D eigenvalue weighted by Crippen LogP contribution is -2.76. The van der Waals surface area contributed by atoms with Crippen LogP contribution in [0.5, 0.6) is 0 Å². The number of halogens is 21. The Morgan fingerprint density at radius 2 is 0.886 bits per heavy atom. The Hall–Kier alpha value is -2.37. The molecule has 0 saturated carbocycles. The van der Waals surface area contributed by atoms with E-state index in [9.17, 15) is 97.0 Å². The number of aliphatic carboxylic acids is 1. The molecule has 0 heterocycles. The molecule has 260 valence electrons. The fourth-order valence-corrected chi connectivity index (χ4v) is 2.95. The van der Waals surface area contributed by atoms with Crippen molar-refractivity contribution < 1.29 is 102 Å². The lowest BCUT2D eigenvalue weighted by Gasteiger charge is -2.44. The minimum absolute atomic E-state index is 0.218. The van der Waals surface area contributed by atoms with Crippen molar-refractivity contribution in [3.05, 3.63) is 12.2 Å². The van der Waals surface area contributed by atoms with Crippen LogP contribution in [0, 0.1) is 0 Å². The molecule has 3 nitrogen and oxygen atoms in total. The Kier molecular flexibility index (Phi) is 11.4. The molecule has 0 radical (unpaired) electrons. The summed E-state index contributed by atoms with van der Waals surface area (Å²) in [5, 5.41) is 10.5. The van der Waals surface area contributed by atoms with Crippen LogP contribution in [-0.4, -0.2) is 82.1 Å². The van der Waals surface area contributed by atoms with Crippen LogP contribution < -0.4 is 5.32 Å². The van der Waals surface area contributed by atoms with E-state index < -0.39 is 95.4 Å². The molecule has 0 aliphatic rings. The largest absolute Gasteiger partial charge is 0.478 e. The monoisotopic (exact) mass is 719 g/mol. The fraction of sp³-hybridized carbons (Fsp3) is 0.789. The number of carboxylic acid groups (broad SMARTS) is 1. The SMILES string of the molecule is C=C(CCCNC(=S)CCC(F)(F)C(F)(F)C(F)(F)C(F)(F)C(F)(F)C(F)(F)C(F)(F)C(F)(F)C(F)(F)C(F)(F)F)C(=O)O. The second kappa shape index (κ2) is 12.1. The summed E-state index contributed by atoms with van der Waals surface area (Å²) in [6.45, 7) is 2.59. The Morgan fingerprint density at radius 1 is 0.568 bits per heavy atom. The van der Waals surface area contributed by atoms with Crippen LogP contribution in [-0.2, 0) is 4.79 Å². The summed E-state index contributed by atoms with van der Waals surface area (Å²) in [7, 11) is 0. The zero-order chi connectivity index (χ0) is 36.0. The van der Waals surface area contributed by atoms with E-state index >= 15 is 0 Å². The quantitative estimate of drug-likeness (QED) is 0.0729. The van der Waals surface area contributed by atoms with Gasteiger partial charge in [0, 0.05) is 25.0 Å². The van der Waals surface area contributed by atoms with Crippen LogP contribution in [0.2, 0.25) is 0 Å². The van der Waals surface area contributed by atoms with Gasteiger partial charge in [-0.1, -0.05) is 18.8 Å². The van der Waals surface area contributed by atoms with Crippen molar-refractivity contribution in [2.45, 2.75) is 85.2 Å². The zero-order valence-corrected chi connectivity index (χ0v) is 21.3. The van der Waals surface area contributed by atoms with Crippen LogP contribution in [0.3, 0.4) is 0 Å². The Labute approximate surface area is 235 Å². The average molecular weight is 719 g/mol. The van der Waals surface area contributed by atoms with Gasteiger partial charge in [-0.25, -0.2) is 4.79 Å². The molecule has 0 bridgehead atoms. The Balaban J connectivity index is 6.35. The van der Waals surface area contributed by atoms with Crippen molar-refractivity contribution in [3.8, 4) is 0 Å². The molecule has 2 N–H and O–H groups in total. The molecule has 0 aliphatic carbocycles. The molecule has 0 aromatic carbocycles. The third-order valence-corrected chi connectivity index (χ3v) is 5.87. The maximum Gasteiger partial charge on any atom is 0.460 e. The molecular formula is C19H14F21NO2S. The number of nitrogens with one attached hydrogen (secondary N) is 1. The number of carboxylic acids is 1. The minimum atomic E-state index is -9.21. The van der Waals surface area contributed by atoms with E-state index in [1.807, 2.05) is 5.32 Å². The van der Waals surface area contributed by atoms with Gasteiger partial charge in [-0.05, 0) is 12.8 Å². The molecule has 0 saturated heterocycles. The van der Waals surface area contributed by atoms with Crippen LogP contribution in [0.4, 0.5) is 92.2 Å². The summed E-state index contributed by atoms with van der Waals surface area (Å²) < 4.78 is 281. The maximum atomic E-state index is 13.9. The maximum absolute atomic E-state index is 13.9. The first kappa shape index (κ1) is 41.6. The summed E-state index contributed by atoms with van der Waals surface area (Å²) in [5.41, 5.74) is -0.412. The van der Waals surface area contributed by atoms with E-state index in [-0.39, 0.29) is 12.8 Å². The molecule has 0 unspecified atom stereocenters. The number of carbonyl (C=O) groups is 1. The molecule has 0 rings (SSSR count). The summed E-state index contributed by atoms with van der Waals surface area (Å²) in [4.78, 5) is 9.53. The number of hydrogen-bond donors (Lipinski definition) is 2. The van der Waals surface area contributed by atoms with Crippen molar-refractivity contribution in [2.24, 2.45) is 0 Å². The van der Waals surface area contributed by atoms with Gasteiger partial charge in [0.1, 0.15) is 0 Å². The van der Waals surface area contributed by atoms with Gasteiger partial charge in [-0.2, -0.15) is 92.2 Å². The fourth-order valence-electron chi connectivity index (χ4n) is 2.74. The lowest BCUT2D eigenvalue weighted by molar-refractivity contribution is -0.474. The first-order chi connectivity index (χ1) is 19.0. The normalized spacial score (nSPS) is 15.3. The topological polar surface area (TPSA) is 49.3 Å². The van der Waals surface area contributed by atoms with Gasteiger partial charge in [0.25, 0.3) is 0 Å². The van der Waals surface area contributed by atoms with E-state index in [1.165, 1.54) is 0 Å². The highest BCUT2D eigenvalue weighted by atomic mass is 32.1. The highest BCUT2D eigenvalue weighted by Gasteiger charge is 2.97. The van der Waals surface area contributed by atoms with Gasteiger partial charge in [-0.15, -0.1) is 0 Å². The molecule has 0 aromatic rings. The van der Waals surface area contributed by atoms with Crippen LogP contribution in [0.1, 0.15) is 25.7 Å². The molecule has 0 spiro atoms. The number of alkyl halides is 21. The number of thiocarbonyl (C=S) groups is 1. The van der Waals surface area contributed by atoms with Crippen molar-refractivity contribution in [1.82, 2.24) is 5.32 Å². The summed E-state index contributed by atoms with van der Waals surface area (Å²) in [6.07, 6.45) is -13.1. The van der Waals surface area contributed by atoms with Crippen molar-refractivity contribution in [1.29, 1.82) is 0 Å². The van der Waals surface area contributed by atoms with Crippen LogP contribution in [0.25, 0.3) is 0 Å². The number of rotatable bonds is 16. The van der Waals surface area contributed by atoms with Crippen LogP contribution in [0.15, 0.2) is 12.2 Å². The van der Waals surface area contributed by atoms with Gasteiger partial charge in [0.05, 0.1) is 4.99 Å². The van der Waals surface area contributed by atoms with Crippen molar-refractivity contribution in [2.75, 3.05) is 6.54 Å². The summed E-state index contributed by atoms with van der Waals surface area (Å²) in [5.74, 6) is -78.8. The smallest absolute Gasteiger partial charge is 0.460 e. The lowest BCUT2D eigenvalue weighted by atomic mass is 9.85. The van der Waals surface area contributed by atoms with Gasteiger partial charge in [0.2, 0.25) is 0 Å². The Morgan fingerprint density at radius 3 is 1.20 bits per heavy atom. The van der Waals surface area contributed by atoms with Crippen molar-refractivity contribution >= 4 is 23.2 Å². The number of hydrogen-bond acceptors (Lipinski definition) is 2. The molecule has 0 aliphatic heterocycles. The molecule has 0 aromatic heterocycles. The van der Waals surface area contributed by atoms with E-state index in [2.05, 4.69) is 18.8 Å². The van der Waals surface area contributed by atoms with Crippen molar-refractivity contribution in [3.63, 3.8) is 0 Å². The molecule has 0 fully saturated rings. The van der Waals surface area contributed by atoms with E-state index in [1.54, 1.807) is 0 Å².